The maximum Gasteiger partial charge on any atom is 0.171 e. The monoisotopic (exact) mass is 444 g/mol. The Morgan fingerprint density at radius 1 is 1.20 bits per heavy atom. The Labute approximate surface area is 182 Å². The average molecular weight is 445 g/mol. The van der Waals surface area contributed by atoms with E-state index in [-0.39, 0.29) is 40.3 Å². The predicted octanol–water partition coefficient (Wildman–Crippen LogP) is 3.91. The van der Waals surface area contributed by atoms with Gasteiger partial charge in [0.15, 0.2) is 5.75 Å². The SMILES string of the molecule is N=C(CN(N)c1ccc(Cl)c(Oc2cc(Cl)cc(C=O)c2)c1N)c1cccnc1N. The number of pyridine rings is 1. The zero-order chi connectivity index (χ0) is 21.8. The van der Waals surface area contributed by atoms with Crippen LogP contribution in [0.4, 0.5) is 17.2 Å². The summed E-state index contributed by atoms with van der Waals surface area (Å²) in [6.45, 7) is 0.00756. The normalized spacial score (nSPS) is 10.5. The molecule has 30 heavy (non-hydrogen) atoms. The van der Waals surface area contributed by atoms with Gasteiger partial charge in [0.05, 0.1) is 23.0 Å². The summed E-state index contributed by atoms with van der Waals surface area (Å²) in [7, 11) is 0. The van der Waals surface area contributed by atoms with E-state index in [4.69, 9.17) is 50.7 Å². The number of hydrazine groups is 1. The first-order valence-corrected chi connectivity index (χ1v) is 9.38. The molecule has 0 fully saturated rings. The number of halogens is 2. The van der Waals surface area contributed by atoms with E-state index in [1.54, 1.807) is 30.5 Å². The molecule has 2 aromatic carbocycles. The number of nitrogens with two attached hydrogens (primary N) is 3. The Balaban J connectivity index is 1.88. The second kappa shape index (κ2) is 9.00. The summed E-state index contributed by atoms with van der Waals surface area (Å²) in [5.74, 6) is 6.82. The van der Waals surface area contributed by atoms with Gasteiger partial charge in [0.2, 0.25) is 0 Å². The molecule has 0 saturated carbocycles. The molecule has 0 atom stereocenters. The van der Waals surface area contributed by atoms with Crippen molar-refractivity contribution < 1.29 is 9.53 Å². The number of nitrogens with one attached hydrogen (secondary N) is 1. The van der Waals surface area contributed by atoms with Gasteiger partial charge in [-0.1, -0.05) is 23.2 Å². The molecule has 0 radical (unpaired) electrons. The van der Waals surface area contributed by atoms with Gasteiger partial charge in [0.1, 0.15) is 23.5 Å². The van der Waals surface area contributed by atoms with Crippen LogP contribution in [-0.4, -0.2) is 23.5 Å². The summed E-state index contributed by atoms with van der Waals surface area (Å²) in [5.41, 5.74) is 13.6. The van der Waals surface area contributed by atoms with E-state index >= 15 is 0 Å². The Morgan fingerprint density at radius 3 is 2.67 bits per heavy atom. The molecule has 0 saturated heterocycles. The van der Waals surface area contributed by atoms with Crippen molar-refractivity contribution in [1.82, 2.24) is 4.98 Å². The molecule has 0 aliphatic heterocycles. The average Bonchev–Trinajstić information content (AvgIpc) is 2.70. The van der Waals surface area contributed by atoms with Crippen LogP contribution in [-0.2, 0) is 0 Å². The molecule has 0 spiro atoms. The number of nitrogens with zero attached hydrogens (tertiary/aromatic N) is 2. The maximum absolute atomic E-state index is 11.1. The van der Waals surface area contributed by atoms with E-state index in [1.165, 1.54) is 23.2 Å². The second-order valence-electron chi connectivity index (χ2n) is 6.29. The van der Waals surface area contributed by atoms with Crippen LogP contribution in [0.5, 0.6) is 11.5 Å². The summed E-state index contributed by atoms with van der Waals surface area (Å²) in [4.78, 5) is 15.0. The Morgan fingerprint density at radius 2 is 1.97 bits per heavy atom. The number of aldehydes is 1. The smallest absolute Gasteiger partial charge is 0.171 e. The van der Waals surface area contributed by atoms with E-state index in [9.17, 15) is 4.79 Å². The number of ether oxygens (including phenoxy) is 1. The van der Waals surface area contributed by atoms with Crippen molar-refractivity contribution in [2.24, 2.45) is 5.84 Å². The van der Waals surface area contributed by atoms with Crippen LogP contribution in [0.25, 0.3) is 0 Å². The lowest BCUT2D eigenvalue weighted by Gasteiger charge is -2.23. The zero-order valence-corrected chi connectivity index (χ0v) is 17.1. The Hall–Kier alpha value is -3.33. The number of aromatic nitrogens is 1. The van der Waals surface area contributed by atoms with Gasteiger partial charge in [-0.3, -0.25) is 4.79 Å². The molecule has 8 nitrogen and oxygen atoms in total. The topological polar surface area (TPSA) is 144 Å². The molecule has 0 bridgehead atoms. The van der Waals surface area contributed by atoms with Gasteiger partial charge in [-0.05, 0) is 42.5 Å². The number of benzene rings is 2. The minimum Gasteiger partial charge on any atom is -0.453 e. The summed E-state index contributed by atoms with van der Waals surface area (Å²) >= 11 is 12.3. The highest BCUT2D eigenvalue weighted by molar-refractivity contribution is 6.33. The van der Waals surface area contributed by atoms with Gasteiger partial charge in [-0.25, -0.2) is 10.8 Å². The number of hydrogen-bond donors (Lipinski definition) is 4. The second-order valence-corrected chi connectivity index (χ2v) is 7.14. The molecule has 0 amide bonds. The summed E-state index contributed by atoms with van der Waals surface area (Å²) in [6, 6.07) is 11.1. The van der Waals surface area contributed by atoms with Crippen molar-refractivity contribution in [3.63, 3.8) is 0 Å². The van der Waals surface area contributed by atoms with E-state index in [2.05, 4.69) is 4.98 Å². The largest absolute Gasteiger partial charge is 0.453 e. The molecule has 0 aliphatic rings. The summed E-state index contributed by atoms with van der Waals surface area (Å²) < 4.78 is 5.80. The molecular formula is C20H18Cl2N6O2. The van der Waals surface area contributed by atoms with Crippen LogP contribution in [0.1, 0.15) is 15.9 Å². The number of rotatable bonds is 7. The standard InChI is InChI=1S/C20H18Cl2N6O2/c21-12-6-11(10-29)7-13(8-12)30-19-15(22)3-4-17(18(19)24)28(26)9-16(23)14-2-1-5-27-20(14)25/h1-8,10,23H,9,24,26H2,(H2,25,27). The number of carbonyl (C=O) groups is 1. The van der Waals surface area contributed by atoms with Crippen LogP contribution in [0.2, 0.25) is 10.0 Å². The lowest BCUT2D eigenvalue weighted by molar-refractivity contribution is 0.112. The van der Waals surface area contributed by atoms with Crippen molar-refractivity contribution in [1.29, 1.82) is 5.41 Å². The lowest BCUT2D eigenvalue weighted by atomic mass is 10.1. The van der Waals surface area contributed by atoms with Gasteiger partial charge in [-0.15, -0.1) is 0 Å². The molecular weight excluding hydrogens is 427 g/mol. The summed E-state index contributed by atoms with van der Waals surface area (Å²) in [6.07, 6.45) is 2.19. The van der Waals surface area contributed by atoms with Crippen LogP contribution < -0.4 is 27.1 Å². The van der Waals surface area contributed by atoms with Crippen molar-refractivity contribution >= 4 is 52.4 Å². The zero-order valence-electron chi connectivity index (χ0n) is 15.6. The van der Waals surface area contributed by atoms with Gasteiger partial charge in [0, 0.05) is 22.3 Å². The fourth-order valence-electron chi connectivity index (χ4n) is 2.76. The number of nitrogen functional groups attached to an aromatic ring is 2. The third-order valence-electron chi connectivity index (χ3n) is 4.18. The highest BCUT2D eigenvalue weighted by Crippen LogP contribution is 2.41. The molecule has 1 aromatic heterocycles. The highest BCUT2D eigenvalue weighted by atomic mass is 35.5. The van der Waals surface area contributed by atoms with Gasteiger partial charge in [-0.2, -0.15) is 0 Å². The van der Waals surface area contributed by atoms with Crippen molar-refractivity contribution in [2.75, 3.05) is 23.0 Å². The fourth-order valence-corrected chi connectivity index (χ4v) is 3.20. The van der Waals surface area contributed by atoms with Crippen molar-refractivity contribution in [3.05, 3.63) is 69.8 Å². The molecule has 1 heterocycles. The minimum atomic E-state index is 0.00756. The number of hydrogen-bond acceptors (Lipinski definition) is 8. The number of carbonyl (C=O) groups excluding carboxylic acids is 1. The van der Waals surface area contributed by atoms with E-state index in [0.29, 0.717) is 28.1 Å². The van der Waals surface area contributed by atoms with Gasteiger partial charge < -0.3 is 26.6 Å². The predicted molar refractivity (Wildman–Crippen MR) is 120 cm³/mol. The van der Waals surface area contributed by atoms with E-state index in [0.717, 1.165) is 0 Å². The first-order valence-electron chi connectivity index (χ1n) is 8.62. The lowest BCUT2D eigenvalue weighted by Crippen LogP contribution is -2.37. The number of anilines is 3. The molecule has 0 unspecified atom stereocenters. The third kappa shape index (κ3) is 4.62. The first kappa shape index (κ1) is 21.4. The van der Waals surface area contributed by atoms with Crippen LogP contribution >= 0.6 is 23.2 Å². The third-order valence-corrected chi connectivity index (χ3v) is 4.69. The molecule has 7 N–H and O–H groups in total. The quantitative estimate of drug-likeness (QED) is 0.142. The molecule has 0 aliphatic carbocycles. The van der Waals surface area contributed by atoms with E-state index < -0.39 is 0 Å². The van der Waals surface area contributed by atoms with Crippen molar-refractivity contribution in [3.8, 4) is 11.5 Å². The fraction of sp³-hybridized carbons (Fsp3) is 0.0500. The van der Waals surface area contributed by atoms with Crippen molar-refractivity contribution in [2.45, 2.75) is 0 Å². The van der Waals surface area contributed by atoms with Crippen LogP contribution in [0.3, 0.4) is 0 Å². The van der Waals surface area contributed by atoms with E-state index in [1.807, 2.05) is 0 Å². The minimum absolute atomic E-state index is 0.00756. The summed E-state index contributed by atoms with van der Waals surface area (Å²) in [5, 5.41) is 10.1. The first-order chi connectivity index (χ1) is 14.3. The molecule has 3 rings (SSSR count). The highest BCUT2D eigenvalue weighted by Gasteiger charge is 2.18. The van der Waals surface area contributed by atoms with Crippen LogP contribution in [0, 0.1) is 5.41 Å². The Bertz CT molecular complexity index is 1120. The molecule has 154 valence electrons. The van der Waals surface area contributed by atoms with Crippen LogP contribution in [0.15, 0.2) is 48.7 Å². The maximum atomic E-state index is 11.1. The molecule has 10 heteroatoms. The Kier molecular flexibility index (Phi) is 6.41. The molecule has 3 aromatic rings. The van der Waals surface area contributed by atoms with Gasteiger partial charge >= 0.3 is 0 Å². The van der Waals surface area contributed by atoms with Gasteiger partial charge in [0.25, 0.3) is 0 Å².